The highest BCUT2D eigenvalue weighted by molar-refractivity contribution is 5.82. The number of rotatable bonds is 5. The predicted molar refractivity (Wildman–Crippen MR) is 104 cm³/mol. The number of hydroxylamine groups is 2. The van der Waals surface area contributed by atoms with E-state index in [1.165, 1.54) is 0 Å². The van der Waals surface area contributed by atoms with Crippen LogP contribution in [-0.4, -0.2) is 51.5 Å². The zero-order valence-corrected chi connectivity index (χ0v) is 16.4. The van der Waals surface area contributed by atoms with Crippen LogP contribution in [0.4, 0.5) is 0 Å². The van der Waals surface area contributed by atoms with E-state index in [2.05, 4.69) is 16.4 Å². The first-order chi connectivity index (χ1) is 12.7. The van der Waals surface area contributed by atoms with Crippen molar-refractivity contribution in [2.75, 3.05) is 13.1 Å². The number of aromatic amines is 1. The van der Waals surface area contributed by atoms with Crippen molar-refractivity contribution in [3.8, 4) is 5.75 Å². The standard InChI is InChI=1S/C21H28N3O3/c1-20(2)10-15(21(3,4)24(20)26)11-22-12-17(25)19-9-14-7-16-13(5-6-23-16)8-18(14)27-19/h5-8,10,17,19,22-23,25H,9,11-12H2,1-4H3. The molecule has 0 aliphatic carbocycles. The summed E-state index contributed by atoms with van der Waals surface area (Å²) in [6.45, 7) is 8.73. The van der Waals surface area contributed by atoms with Gasteiger partial charge in [-0.05, 0) is 51.5 Å². The second kappa shape index (κ2) is 6.34. The van der Waals surface area contributed by atoms with E-state index in [-0.39, 0.29) is 6.10 Å². The summed E-state index contributed by atoms with van der Waals surface area (Å²) in [5.74, 6) is 0.856. The molecule has 27 heavy (non-hydrogen) atoms. The van der Waals surface area contributed by atoms with E-state index >= 15 is 0 Å². The van der Waals surface area contributed by atoms with E-state index in [0.717, 1.165) is 32.9 Å². The van der Waals surface area contributed by atoms with E-state index in [4.69, 9.17) is 4.74 Å². The summed E-state index contributed by atoms with van der Waals surface area (Å²) < 4.78 is 5.98. The normalized spacial score (nSPS) is 24.7. The maximum atomic E-state index is 12.4. The lowest BCUT2D eigenvalue weighted by molar-refractivity contribution is -0.238. The fraction of sp³-hybridized carbons (Fsp3) is 0.524. The maximum Gasteiger partial charge on any atom is 0.130 e. The topological polar surface area (TPSA) is 80.4 Å². The Hall–Kier alpha value is -1.86. The minimum absolute atomic E-state index is 0.253. The number of aliphatic hydroxyl groups excluding tert-OH is 1. The smallest absolute Gasteiger partial charge is 0.130 e. The zero-order chi connectivity index (χ0) is 19.4. The van der Waals surface area contributed by atoms with Crippen LogP contribution in [0.5, 0.6) is 5.75 Å². The van der Waals surface area contributed by atoms with Gasteiger partial charge in [0.25, 0.3) is 0 Å². The third kappa shape index (κ3) is 3.17. The van der Waals surface area contributed by atoms with Crippen molar-refractivity contribution in [2.45, 2.75) is 57.4 Å². The van der Waals surface area contributed by atoms with Crippen LogP contribution >= 0.6 is 0 Å². The van der Waals surface area contributed by atoms with Gasteiger partial charge in [0.1, 0.15) is 18.0 Å². The summed E-state index contributed by atoms with van der Waals surface area (Å²) in [5, 5.41) is 28.6. The average Bonchev–Trinajstić information content (AvgIpc) is 3.26. The van der Waals surface area contributed by atoms with Gasteiger partial charge in [0.05, 0.1) is 11.1 Å². The van der Waals surface area contributed by atoms with E-state index in [0.29, 0.717) is 19.5 Å². The van der Waals surface area contributed by atoms with Gasteiger partial charge in [-0.3, -0.25) is 0 Å². The molecule has 1 aromatic carbocycles. The first-order valence-electron chi connectivity index (χ1n) is 9.53. The molecule has 0 fully saturated rings. The molecule has 2 unspecified atom stereocenters. The Labute approximate surface area is 159 Å². The number of benzene rings is 1. The molecule has 0 bridgehead atoms. The lowest BCUT2D eigenvalue weighted by Crippen LogP contribution is -2.48. The number of ether oxygens (including phenoxy) is 1. The van der Waals surface area contributed by atoms with Crippen molar-refractivity contribution in [3.63, 3.8) is 0 Å². The number of nitrogens with one attached hydrogen (secondary N) is 2. The van der Waals surface area contributed by atoms with E-state index in [1.807, 2.05) is 52.1 Å². The van der Waals surface area contributed by atoms with Gasteiger partial charge in [-0.2, -0.15) is 0 Å². The van der Waals surface area contributed by atoms with E-state index in [1.54, 1.807) is 0 Å². The average molecular weight is 370 g/mol. The number of aliphatic hydroxyl groups is 1. The summed E-state index contributed by atoms with van der Waals surface area (Å²) >= 11 is 0. The zero-order valence-electron chi connectivity index (χ0n) is 16.4. The molecule has 6 nitrogen and oxygen atoms in total. The van der Waals surface area contributed by atoms with Crippen molar-refractivity contribution >= 4 is 10.9 Å². The Morgan fingerprint density at radius 1 is 1.37 bits per heavy atom. The molecule has 2 atom stereocenters. The Morgan fingerprint density at radius 3 is 2.85 bits per heavy atom. The highest BCUT2D eigenvalue weighted by Crippen LogP contribution is 2.38. The van der Waals surface area contributed by atoms with Crippen LogP contribution in [0.25, 0.3) is 10.9 Å². The SMILES string of the molecule is CC1(C)C=C(CNCC(O)C2Cc3cc4[nH]ccc4cc3O2)C(C)(C)N1[O]. The molecular weight excluding hydrogens is 342 g/mol. The molecule has 0 spiro atoms. The molecule has 6 heteroatoms. The van der Waals surface area contributed by atoms with E-state index < -0.39 is 17.2 Å². The molecular formula is C21H28N3O3. The van der Waals surface area contributed by atoms with Crippen molar-refractivity contribution in [1.29, 1.82) is 0 Å². The number of aromatic nitrogens is 1. The number of nitrogens with zero attached hydrogens (tertiary/aromatic N) is 1. The Kier molecular flexibility index (Phi) is 4.35. The molecule has 0 saturated heterocycles. The predicted octanol–water partition coefficient (Wildman–Crippen LogP) is 2.57. The molecule has 3 N–H and O–H groups in total. The molecule has 1 radical (unpaired) electrons. The minimum atomic E-state index is -0.614. The number of hydrogen-bond acceptors (Lipinski definition) is 4. The molecule has 3 heterocycles. The van der Waals surface area contributed by atoms with Gasteiger partial charge in [-0.25, -0.2) is 0 Å². The lowest BCUT2D eigenvalue weighted by Gasteiger charge is -2.34. The number of H-pyrrole nitrogens is 1. The number of hydrogen-bond donors (Lipinski definition) is 3. The van der Waals surface area contributed by atoms with Gasteiger partial charge >= 0.3 is 0 Å². The van der Waals surface area contributed by atoms with Gasteiger partial charge in [-0.1, -0.05) is 6.08 Å². The third-order valence-corrected chi connectivity index (χ3v) is 5.88. The third-order valence-electron chi connectivity index (χ3n) is 5.88. The first-order valence-corrected chi connectivity index (χ1v) is 9.53. The van der Waals surface area contributed by atoms with Crippen LogP contribution in [-0.2, 0) is 11.6 Å². The Bertz CT molecular complexity index is 844. The van der Waals surface area contributed by atoms with Gasteiger partial charge in [0, 0.05) is 42.2 Å². The van der Waals surface area contributed by atoms with Gasteiger partial charge in [-0.15, -0.1) is 10.3 Å². The second-order valence-corrected chi connectivity index (χ2v) is 8.76. The summed E-state index contributed by atoms with van der Waals surface area (Å²) in [6, 6.07) is 6.14. The van der Waals surface area contributed by atoms with Crippen LogP contribution in [0.1, 0.15) is 33.3 Å². The van der Waals surface area contributed by atoms with Crippen molar-refractivity contribution in [2.24, 2.45) is 0 Å². The summed E-state index contributed by atoms with van der Waals surface area (Å²) in [5.41, 5.74) is 2.23. The first kappa shape index (κ1) is 18.5. The highest BCUT2D eigenvalue weighted by Gasteiger charge is 2.46. The molecule has 145 valence electrons. The molecule has 2 aliphatic heterocycles. The van der Waals surface area contributed by atoms with Crippen LogP contribution in [0.3, 0.4) is 0 Å². The Balaban J connectivity index is 1.34. The van der Waals surface area contributed by atoms with Gasteiger partial charge in [0.15, 0.2) is 0 Å². The number of fused-ring (bicyclic) bond motifs is 2. The second-order valence-electron chi connectivity index (χ2n) is 8.76. The molecule has 0 amide bonds. The fourth-order valence-corrected chi connectivity index (χ4v) is 4.30. The quantitative estimate of drug-likeness (QED) is 0.707. The summed E-state index contributed by atoms with van der Waals surface area (Å²) in [7, 11) is 0. The van der Waals surface area contributed by atoms with Crippen molar-refractivity contribution < 1.29 is 15.1 Å². The lowest BCUT2D eigenvalue weighted by atomic mass is 9.96. The van der Waals surface area contributed by atoms with Crippen molar-refractivity contribution in [3.05, 3.63) is 41.6 Å². The molecule has 0 saturated carbocycles. The molecule has 2 aliphatic rings. The highest BCUT2D eigenvalue weighted by atomic mass is 16.5. The molecule has 4 rings (SSSR count). The fourth-order valence-electron chi connectivity index (χ4n) is 4.30. The van der Waals surface area contributed by atoms with Crippen LogP contribution in [0, 0.1) is 0 Å². The summed E-state index contributed by atoms with van der Waals surface area (Å²) in [6.07, 6.45) is 3.78. The van der Waals surface area contributed by atoms with Crippen LogP contribution < -0.4 is 10.1 Å². The molecule has 1 aromatic heterocycles. The largest absolute Gasteiger partial charge is 0.487 e. The van der Waals surface area contributed by atoms with Crippen LogP contribution in [0.2, 0.25) is 0 Å². The van der Waals surface area contributed by atoms with Gasteiger partial charge < -0.3 is 20.1 Å². The van der Waals surface area contributed by atoms with E-state index in [9.17, 15) is 10.3 Å². The van der Waals surface area contributed by atoms with Gasteiger partial charge in [0.2, 0.25) is 0 Å². The molecule has 2 aromatic rings. The monoisotopic (exact) mass is 370 g/mol. The Morgan fingerprint density at radius 2 is 2.15 bits per heavy atom. The maximum absolute atomic E-state index is 12.4. The summed E-state index contributed by atoms with van der Waals surface area (Å²) in [4.78, 5) is 3.21. The van der Waals surface area contributed by atoms with Crippen molar-refractivity contribution in [1.82, 2.24) is 15.4 Å². The minimum Gasteiger partial charge on any atom is -0.487 e. The van der Waals surface area contributed by atoms with Crippen LogP contribution in [0.15, 0.2) is 36.0 Å².